The average molecular weight is 539 g/mol. The SMILES string of the molecule is CCOC(=O)[C@H](C)NP(=O)(COc1ccc(C(=O)NC)c2c1-c1ncsc1C2)N[C@@H](C)C(=O)OCC. The summed E-state index contributed by atoms with van der Waals surface area (Å²) in [4.78, 5) is 42.3. The number of esters is 2. The van der Waals surface area contributed by atoms with Crippen molar-refractivity contribution in [3.63, 3.8) is 0 Å². The third-order valence-corrected chi connectivity index (χ3v) is 8.38. The number of nitrogens with one attached hydrogen (secondary N) is 3. The number of nitrogens with zero attached hydrogens (tertiary/aromatic N) is 1. The van der Waals surface area contributed by atoms with Crippen molar-refractivity contribution in [1.82, 2.24) is 20.5 Å². The summed E-state index contributed by atoms with van der Waals surface area (Å²) in [6.45, 7) is 6.70. The van der Waals surface area contributed by atoms with Crippen molar-refractivity contribution in [3.8, 4) is 17.0 Å². The third kappa shape index (κ3) is 6.12. The van der Waals surface area contributed by atoms with Gasteiger partial charge in [-0.05, 0) is 45.4 Å². The van der Waals surface area contributed by atoms with Crippen LogP contribution in [0.4, 0.5) is 0 Å². The molecule has 1 aromatic heterocycles. The van der Waals surface area contributed by atoms with E-state index in [0.29, 0.717) is 29.0 Å². The molecule has 1 heterocycles. The van der Waals surface area contributed by atoms with E-state index in [1.165, 1.54) is 25.2 Å². The Morgan fingerprint density at radius 2 is 1.69 bits per heavy atom. The smallest absolute Gasteiger partial charge is 0.323 e. The van der Waals surface area contributed by atoms with Crippen molar-refractivity contribution in [2.75, 3.05) is 26.6 Å². The van der Waals surface area contributed by atoms with Gasteiger partial charge in [0.15, 0.2) is 6.35 Å². The van der Waals surface area contributed by atoms with Gasteiger partial charge in [-0.2, -0.15) is 0 Å². The lowest BCUT2D eigenvalue weighted by atomic mass is 10.0. The number of aromatic nitrogens is 1. The lowest BCUT2D eigenvalue weighted by Gasteiger charge is -2.26. The van der Waals surface area contributed by atoms with Crippen LogP contribution in [-0.4, -0.2) is 61.5 Å². The van der Waals surface area contributed by atoms with Crippen LogP contribution in [0.15, 0.2) is 17.6 Å². The van der Waals surface area contributed by atoms with Crippen LogP contribution in [0.2, 0.25) is 0 Å². The molecule has 0 spiro atoms. The molecule has 0 fully saturated rings. The maximum absolute atomic E-state index is 13.9. The third-order valence-electron chi connectivity index (χ3n) is 5.45. The fraction of sp³-hybridized carbons (Fsp3) is 0.478. The molecule has 3 rings (SSSR count). The molecule has 1 aliphatic rings. The number of benzene rings is 1. The lowest BCUT2D eigenvalue weighted by molar-refractivity contribution is -0.145. The molecular formula is C23H31N4O7PS. The average Bonchev–Trinajstić information content (AvgIpc) is 3.44. The van der Waals surface area contributed by atoms with E-state index in [-0.39, 0.29) is 19.1 Å². The van der Waals surface area contributed by atoms with Gasteiger partial charge in [0.2, 0.25) is 7.44 Å². The monoisotopic (exact) mass is 538 g/mol. The van der Waals surface area contributed by atoms with Crippen LogP contribution in [-0.2, 0) is 30.0 Å². The molecule has 11 nitrogen and oxygen atoms in total. The molecule has 0 bridgehead atoms. The van der Waals surface area contributed by atoms with Gasteiger partial charge in [0.25, 0.3) is 5.91 Å². The van der Waals surface area contributed by atoms with Gasteiger partial charge < -0.3 is 19.5 Å². The molecule has 196 valence electrons. The van der Waals surface area contributed by atoms with Crippen molar-refractivity contribution in [2.24, 2.45) is 0 Å². The summed E-state index contributed by atoms with van der Waals surface area (Å²) in [5.41, 5.74) is 4.38. The van der Waals surface area contributed by atoms with Gasteiger partial charge in [0.05, 0.1) is 24.4 Å². The van der Waals surface area contributed by atoms with Crippen LogP contribution in [0.3, 0.4) is 0 Å². The highest BCUT2D eigenvalue weighted by Gasteiger charge is 2.34. The Kier molecular flexibility index (Phi) is 9.24. The number of carbonyl (C=O) groups excluding carboxylic acids is 3. The molecule has 0 saturated heterocycles. The van der Waals surface area contributed by atoms with Crippen LogP contribution in [0.25, 0.3) is 11.3 Å². The van der Waals surface area contributed by atoms with E-state index in [2.05, 4.69) is 20.5 Å². The van der Waals surface area contributed by atoms with Crippen molar-refractivity contribution < 1.29 is 33.2 Å². The second kappa shape index (κ2) is 12.0. The summed E-state index contributed by atoms with van der Waals surface area (Å²) in [5.74, 6) is -1.02. The number of fused-ring (bicyclic) bond motifs is 3. The van der Waals surface area contributed by atoms with Gasteiger partial charge >= 0.3 is 11.9 Å². The molecule has 0 saturated carbocycles. The van der Waals surface area contributed by atoms with Gasteiger partial charge in [0.1, 0.15) is 17.8 Å². The largest absolute Gasteiger partial charge is 0.482 e. The summed E-state index contributed by atoms with van der Waals surface area (Å²) in [7, 11) is -2.14. The molecule has 1 aromatic carbocycles. The fourth-order valence-electron chi connectivity index (χ4n) is 3.84. The predicted molar refractivity (Wildman–Crippen MR) is 135 cm³/mol. The Morgan fingerprint density at radius 3 is 2.25 bits per heavy atom. The first-order valence-corrected chi connectivity index (χ1v) is 14.3. The van der Waals surface area contributed by atoms with Crippen LogP contribution in [0.1, 0.15) is 48.5 Å². The first-order valence-electron chi connectivity index (χ1n) is 11.5. The lowest BCUT2D eigenvalue weighted by Crippen LogP contribution is -2.43. The molecule has 1 amide bonds. The van der Waals surface area contributed by atoms with E-state index in [0.717, 1.165) is 10.4 Å². The molecule has 2 atom stereocenters. The highest BCUT2D eigenvalue weighted by molar-refractivity contribution is 7.59. The zero-order chi connectivity index (χ0) is 26.5. The molecule has 3 N–H and O–H groups in total. The highest BCUT2D eigenvalue weighted by atomic mass is 32.1. The Morgan fingerprint density at radius 1 is 1.08 bits per heavy atom. The summed E-state index contributed by atoms with van der Waals surface area (Å²) >= 11 is 1.48. The van der Waals surface area contributed by atoms with Crippen molar-refractivity contribution in [3.05, 3.63) is 33.6 Å². The van der Waals surface area contributed by atoms with E-state index in [1.54, 1.807) is 38.5 Å². The normalized spacial score (nSPS) is 13.8. The van der Waals surface area contributed by atoms with Crippen molar-refractivity contribution in [2.45, 2.75) is 46.2 Å². The van der Waals surface area contributed by atoms with Crippen molar-refractivity contribution in [1.29, 1.82) is 0 Å². The Bertz CT molecular complexity index is 1160. The number of carbonyl (C=O) groups is 3. The molecule has 36 heavy (non-hydrogen) atoms. The summed E-state index contributed by atoms with van der Waals surface area (Å²) in [6, 6.07) is 1.41. The number of hydrogen-bond acceptors (Lipinski definition) is 9. The standard InChI is InChI=1S/C23H31N4O7PS/c1-6-32-22(29)13(3)26-35(31,27-14(4)23(30)33-7-2)12-34-17-9-8-15(21(28)24-5)16-10-18-20(19(16)17)25-11-36-18/h8-9,11,13-14H,6-7,10,12H2,1-5H3,(H,24,28)(H2,26,27,31)/t13-,14-/m0/s1. The first-order chi connectivity index (χ1) is 17.1. The highest BCUT2D eigenvalue weighted by Crippen LogP contribution is 2.46. The number of amides is 1. The van der Waals surface area contributed by atoms with Crippen LogP contribution in [0, 0.1) is 0 Å². The van der Waals surface area contributed by atoms with Gasteiger partial charge in [-0.1, -0.05) is 0 Å². The second-order valence-corrected chi connectivity index (χ2v) is 11.3. The van der Waals surface area contributed by atoms with Gasteiger partial charge in [-0.15, -0.1) is 11.3 Å². The predicted octanol–water partition coefficient (Wildman–Crippen LogP) is 2.69. The molecule has 13 heteroatoms. The number of rotatable bonds is 12. The van der Waals surface area contributed by atoms with E-state index in [9.17, 15) is 18.9 Å². The minimum Gasteiger partial charge on any atom is -0.482 e. The minimum atomic E-state index is -3.70. The summed E-state index contributed by atoms with van der Waals surface area (Å²) in [5, 5.41) is 8.15. The maximum atomic E-state index is 13.9. The Hall–Kier alpha value is -2.79. The topological polar surface area (TPSA) is 145 Å². The van der Waals surface area contributed by atoms with Gasteiger partial charge in [0, 0.05) is 29.5 Å². The van der Waals surface area contributed by atoms with Gasteiger partial charge in [-0.25, -0.2) is 15.2 Å². The quantitative estimate of drug-likeness (QED) is 0.232. The van der Waals surface area contributed by atoms with E-state index < -0.39 is 37.8 Å². The first kappa shape index (κ1) is 27.8. The number of thiazole rings is 1. The zero-order valence-corrected chi connectivity index (χ0v) is 22.6. The fourth-order valence-corrected chi connectivity index (χ4v) is 6.62. The van der Waals surface area contributed by atoms with E-state index in [1.807, 2.05) is 0 Å². The Labute approximate surface area is 213 Å². The molecule has 1 aliphatic carbocycles. The summed E-state index contributed by atoms with van der Waals surface area (Å²) < 4.78 is 30.0. The van der Waals surface area contributed by atoms with Crippen molar-refractivity contribution >= 4 is 36.6 Å². The number of ether oxygens (including phenoxy) is 3. The molecule has 2 aromatic rings. The van der Waals surface area contributed by atoms with Crippen LogP contribution < -0.4 is 20.2 Å². The molecule has 0 unspecified atom stereocenters. The van der Waals surface area contributed by atoms with E-state index in [4.69, 9.17) is 14.2 Å². The zero-order valence-electron chi connectivity index (χ0n) is 20.9. The summed E-state index contributed by atoms with van der Waals surface area (Å²) in [6.07, 6.45) is 0.134. The Balaban J connectivity index is 1.90. The maximum Gasteiger partial charge on any atom is 0.323 e. The van der Waals surface area contributed by atoms with Gasteiger partial charge in [-0.3, -0.25) is 18.9 Å². The minimum absolute atomic E-state index is 0.165. The number of hydrogen-bond donors (Lipinski definition) is 3. The van der Waals surface area contributed by atoms with E-state index >= 15 is 0 Å². The van der Waals surface area contributed by atoms with Crippen LogP contribution >= 0.6 is 18.8 Å². The van der Waals surface area contributed by atoms with Crippen LogP contribution in [0.5, 0.6) is 5.75 Å². The molecular weight excluding hydrogens is 507 g/mol. The second-order valence-electron chi connectivity index (χ2n) is 8.06. The molecule has 0 aliphatic heterocycles. The molecule has 0 radical (unpaired) electrons.